The SMILES string of the molecule is CC(C)Cc1ccccc1-c1cc(F)ccc1C(=O)SC(C)C. The molecule has 0 N–H and O–H groups in total. The van der Waals surface area contributed by atoms with Crippen LogP contribution >= 0.6 is 11.8 Å². The molecule has 0 unspecified atom stereocenters. The van der Waals surface area contributed by atoms with Crippen LogP contribution in [0.15, 0.2) is 42.5 Å². The third kappa shape index (κ3) is 4.68. The van der Waals surface area contributed by atoms with E-state index in [-0.39, 0.29) is 16.2 Å². The minimum Gasteiger partial charge on any atom is -0.282 e. The summed E-state index contributed by atoms with van der Waals surface area (Å²) < 4.78 is 13.8. The number of carbonyl (C=O) groups excluding carboxylic acids is 1. The predicted molar refractivity (Wildman–Crippen MR) is 97.4 cm³/mol. The van der Waals surface area contributed by atoms with Crippen molar-refractivity contribution in [2.75, 3.05) is 0 Å². The van der Waals surface area contributed by atoms with E-state index in [0.717, 1.165) is 17.5 Å². The largest absolute Gasteiger partial charge is 0.282 e. The van der Waals surface area contributed by atoms with Gasteiger partial charge in [0.2, 0.25) is 5.12 Å². The Morgan fingerprint density at radius 3 is 2.39 bits per heavy atom. The Morgan fingerprint density at radius 2 is 1.74 bits per heavy atom. The Labute approximate surface area is 142 Å². The monoisotopic (exact) mass is 330 g/mol. The van der Waals surface area contributed by atoms with Gasteiger partial charge in [0.15, 0.2) is 0 Å². The summed E-state index contributed by atoms with van der Waals surface area (Å²) in [5.74, 6) is 0.180. The number of hydrogen-bond acceptors (Lipinski definition) is 2. The predicted octanol–water partition coefficient (Wildman–Crippen LogP) is 5.97. The van der Waals surface area contributed by atoms with Gasteiger partial charge < -0.3 is 0 Å². The number of hydrogen-bond donors (Lipinski definition) is 0. The van der Waals surface area contributed by atoms with E-state index in [0.29, 0.717) is 17.0 Å². The Morgan fingerprint density at radius 1 is 1.04 bits per heavy atom. The molecule has 0 aliphatic rings. The lowest BCUT2D eigenvalue weighted by Gasteiger charge is -2.15. The van der Waals surface area contributed by atoms with Crippen molar-refractivity contribution in [2.45, 2.75) is 39.4 Å². The van der Waals surface area contributed by atoms with Crippen molar-refractivity contribution in [2.24, 2.45) is 5.92 Å². The molecule has 0 amide bonds. The summed E-state index contributed by atoms with van der Waals surface area (Å²) in [5.41, 5.74) is 3.38. The summed E-state index contributed by atoms with van der Waals surface area (Å²) in [6, 6.07) is 12.4. The highest BCUT2D eigenvalue weighted by atomic mass is 32.2. The molecule has 0 aliphatic carbocycles. The van der Waals surface area contributed by atoms with Gasteiger partial charge in [0.25, 0.3) is 0 Å². The highest BCUT2D eigenvalue weighted by Gasteiger charge is 2.17. The third-order valence-corrected chi connectivity index (χ3v) is 4.39. The highest BCUT2D eigenvalue weighted by molar-refractivity contribution is 8.14. The van der Waals surface area contributed by atoms with Gasteiger partial charge in [-0.1, -0.05) is 63.7 Å². The van der Waals surface area contributed by atoms with E-state index in [1.54, 1.807) is 6.07 Å². The summed E-state index contributed by atoms with van der Waals surface area (Å²) in [5, 5.41) is 0.195. The van der Waals surface area contributed by atoms with Gasteiger partial charge in [-0.25, -0.2) is 4.39 Å². The molecule has 0 radical (unpaired) electrons. The van der Waals surface area contributed by atoms with Crippen LogP contribution < -0.4 is 0 Å². The number of thioether (sulfide) groups is 1. The number of halogens is 1. The van der Waals surface area contributed by atoms with Crippen molar-refractivity contribution in [3.63, 3.8) is 0 Å². The van der Waals surface area contributed by atoms with Gasteiger partial charge >= 0.3 is 0 Å². The summed E-state index contributed by atoms with van der Waals surface area (Å²) in [7, 11) is 0. The van der Waals surface area contributed by atoms with E-state index < -0.39 is 0 Å². The second-order valence-electron chi connectivity index (χ2n) is 6.40. The molecule has 2 aromatic carbocycles. The quantitative estimate of drug-likeness (QED) is 0.671. The first-order valence-electron chi connectivity index (χ1n) is 7.97. The van der Waals surface area contributed by atoms with E-state index in [2.05, 4.69) is 19.9 Å². The Kier molecular flexibility index (Phi) is 6.00. The standard InChI is InChI=1S/C20H23FOS/c1-13(2)11-15-7-5-6-8-17(15)19-12-16(21)9-10-18(19)20(22)23-14(3)4/h5-10,12-14H,11H2,1-4H3. The molecule has 3 heteroatoms. The van der Waals surface area contributed by atoms with Gasteiger partial charge in [0.05, 0.1) is 0 Å². The number of carbonyl (C=O) groups is 1. The molecule has 0 heterocycles. The lowest BCUT2D eigenvalue weighted by atomic mass is 9.91. The molecule has 0 saturated heterocycles. The van der Waals surface area contributed by atoms with Crippen LogP contribution in [0.4, 0.5) is 4.39 Å². The van der Waals surface area contributed by atoms with Crippen LogP contribution in [-0.4, -0.2) is 10.4 Å². The van der Waals surface area contributed by atoms with Gasteiger partial charge in [-0.05, 0) is 47.2 Å². The average Bonchev–Trinajstić information content (AvgIpc) is 2.46. The fourth-order valence-electron chi connectivity index (χ4n) is 2.60. The fourth-order valence-corrected chi connectivity index (χ4v) is 3.33. The number of benzene rings is 2. The first-order valence-corrected chi connectivity index (χ1v) is 8.85. The molecule has 1 nitrogen and oxygen atoms in total. The molecule has 0 aromatic heterocycles. The molecule has 0 spiro atoms. The maximum atomic E-state index is 13.8. The molecule has 0 saturated carbocycles. The second kappa shape index (κ2) is 7.78. The maximum Gasteiger partial charge on any atom is 0.220 e. The van der Waals surface area contributed by atoms with Gasteiger partial charge in [-0.2, -0.15) is 0 Å². The lowest BCUT2D eigenvalue weighted by molar-refractivity contribution is 0.108. The maximum absolute atomic E-state index is 13.8. The van der Waals surface area contributed by atoms with E-state index in [4.69, 9.17) is 0 Å². The zero-order valence-electron chi connectivity index (χ0n) is 14.1. The third-order valence-electron chi connectivity index (χ3n) is 3.48. The molecule has 0 fully saturated rings. The molecule has 0 bridgehead atoms. The van der Waals surface area contributed by atoms with Crippen LogP contribution in [0.25, 0.3) is 11.1 Å². The lowest BCUT2D eigenvalue weighted by Crippen LogP contribution is -2.04. The van der Waals surface area contributed by atoms with E-state index in [9.17, 15) is 9.18 Å². The van der Waals surface area contributed by atoms with Crippen molar-refractivity contribution in [1.29, 1.82) is 0 Å². The van der Waals surface area contributed by atoms with E-state index in [1.165, 1.54) is 23.9 Å². The Hall–Kier alpha value is -1.61. The average molecular weight is 330 g/mol. The van der Waals surface area contributed by atoms with Gasteiger partial charge in [-0.15, -0.1) is 0 Å². The van der Waals surface area contributed by atoms with Gasteiger partial charge in [-0.3, -0.25) is 4.79 Å². The summed E-state index contributed by atoms with van der Waals surface area (Å²) in [6.07, 6.45) is 0.900. The molecule has 0 atom stereocenters. The molecule has 2 rings (SSSR count). The van der Waals surface area contributed by atoms with E-state index >= 15 is 0 Å². The van der Waals surface area contributed by atoms with Crippen molar-refractivity contribution in [3.8, 4) is 11.1 Å². The van der Waals surface area contributed by atoms with Crippen LogP contribution in [0, 0.1) is 11.7 Å². The van der Waals surface area contributed by atoms with Crippen molar-refractivity contribution in [3.05, 3.63) is 59.4 Å². The molecular weight excluding hydrogens is 307 g/mol. The normalized spacial score (nSPS) is 11.3. The smallest absolute Gasteiger partial charge is 0.220 e. The number of rotatable bonds is 5. The van der Waals surface area contributed by atoms with Crippen molar-refractivity contribution in [1.82, 2.24) is 0 Å². The molecule has 0 aliphatic heterocycles. The Balaban J connectivity index is 2.55. The second-order valence-corrected chi connectivity index (χ2v) is 7.95. The summed E-state index contributed by atoms with van der Waals surface area (Å²) in [4.78, 5) is 12.5. The first kappa shape index (κ1) is 17.7. The fraction of sp³-hybridized carbons (Fsp3) is 0.350. The molecular formula is C20H23FOS. The highest BCUT2D eigenvalue weighted by Crippen LogP contribution is 2.32. The van der Waals surface area contributed by atoms with E-state index in [1.807, 2.05) is 32.0 Å². The van der Waals surface area contributed by atoms with Crippen molar-refractivity contribution < 1.29 is 9.18 Å². The zero-order valence-corrected chi connectivity index (χ0v) is 14.9. The minimum atomic E-state index is -0.314. The zero-order chi connectivity index (χ0) is 17.0. The summed E-state index contributed by atoms with van der Waals surface area (Å²) in [6.45, 7) is 8.28. The molecule has 2 aromatic rings. The van der Waals surface area contributed by atoms with Crippen LogP contribution in [0.2, 0.25) is 0 Å². The first-order chi connectivity index (χ1) is 10.9. The Bertz CT molecular complexity index is 692. The van der Waals surface area contributed by atoms with Gasteiger partial charge in [0.1, 0.15) is 5.82 Å². The molecule has 122 valence electrons. The van der Waals surface area contributed by atoms with Crippen LogP contribution in [0.5, 0.6) is 0 Å². The van der Waals surface area contributed by atoms with Gasteiger partial charge in [0, 0.05) is 10.8 Å². The van der Waals surface area contributed by atoms with Crippen LogP contribution in [0.3, 0.4) is 0 Å². The van der Waals surface area contributed by atoms with Crippen molar-refractivity contribution >= 4 is 16.9 Å². The minimum absolute atomic E-state index is 0.00523. The topological polar surface area (TPSA) is 17.1 Å². The van der Waals surface area contributed by atoms with Crippen LogP contribution in [-0.2, 0) is 6.42 Å². The summed E-state index contributed by atoms with van der Waals surface area (Å²) >= 11 is 1.28. The van der Waals surface area contributed by atoms with Crippen LogP contribution in [0.1, 0.15) is 43.6 Å². The molecule has 23 heavy (non-hydrogen) atoms.